The molecule has 1 saturated heterocycles. The molecule has 2 N–H and O–H groups in total. The van der Waals surface area contributed by atoms with Crippen LogP contribution in [-0.2, 0) is 11.2 Å². The summed E-state index contributed by atoms with van der Waals surface area (Å²) in [6.45, 7) is 2.70. The van der Waals surface area contributed by atoms with Gasteiger partial charge in [-0.2, -0.15) is 5.10 Å². The van der Waals surface area contributed by atoms with Crippen LogP contribution in [0.25, 0.3) is 10.9 Å². The minimum atomic E-state index is -0.975. The fourth-order valence-electron chi connectivity index (χ4n) is 4.13. The van der Waals surface area contributed by atoms with Gasteiger partial charge >= 0.3 is 5.97 Å². The summed E-state index contributed by atoms with van der Waals surface area (Å²) >= 11 is 0. The Kier molecular flexibility index (Phi) is 4.63. The smallest absolute Gasteiger partial charge is 0.311 e. The number of hydrogen-bond donors (Lipinski definition) is 2. The molecule has 2 heterocycles. The number of aromatic nitrogens is 2. The Bertz CT molecular complexity index is 1030. The number of aromatic amines is 1. The van der Waals surface area contributed by atoms with Crippen LogP contribution >= 0.6 is 0 Å². The fourth-order valence-corrected chi connectivity index (χ4v) is 4.13. The summed E-state index contributed by atoms with van der Waals surface area (Å²) < 4.78 is 0. The number of nitrogens with one attached hydrogen (secondary N) is 1. The topological polar surface area (TPSA) is 86.3 Å². The van der Waals surface area contributed by atoms with Crippen molar-refractivity contribution in [2.75, 3.05) is 13.1 Å². The average Bonchev–Trinajstić information content (AvgIpc) is 3.11. The van der Waals surface area contributed by atoms with E-state index in [-0.39, 0.29) is 12.5 Å². The number of carboxylic acids is 1. The second-order valence-electron chi connectivity index (χ2n) is 7.70. The van der Waals surface area contributed by atoms with Crippen LogP contribution in [0.1, 0.15) is 34.5 Å². The molecule has 1 unspecified atom stereocenters. The first-order valence-electron chi connectivity index (χ1n) is 9.50. The highest BCUT2D eigenvalue weighted by Crippen LogP contribution is 2.35. The second-order valence-corrected chi connectivity index (χ2v) is 7.70. The number of aryl methyl sites for hydroxylation is 1. The summed E-state index contributed by atoms with van der Waals surface area (Å²) in [5, 5.41) is 17.9. The monoisotopic (exact) mass is 377 g/mol. The SMILES string of the molecule is Cc1ccc2[nH]nc(C(=O)N3CCCC(Cc4ccccc4)(C(=O)O)C3)c2c1. The highest BCUT2D eigenvalue weighted by molar-refractivity contribution is 6.05. The van der Waals surface area contributed by atoms with Crippen LogP contribution in [0.4, 0.5) is 0 Å². The molecule has 1 aliphatic rings. The van der Waals surface area contributed by atoms with Gasteiger partial charge in [-0.1, -0.05) is 42.0 Å². The molecular weight excluding hydrogens is 354 g/mol. The molecule has 1 atom stereocenters. The number of hydrogen-bond acceptors (Lipinski definition) is 3. The van der Waals surface area contributed by atoms with Crippen molar-refractivity contribution in [3.05, 3.63) is 65.4 Å². The number of benzene rings is 2. The molecule has 1 fully saturated rings. The maximum absolute atomic E-state index is 13.2. The number of carbonyl (C=O) groups excluding carboxylic acids is 1. The normalized spacial score (nSPS) is 19.7. The van der Waals surface area contributed by atoms with E-state index in [0.717, 1.165) is 22.0 Å². The summed E-state index contributed by atoms with van der Waals surface area (Å²) in [6.07, 6.45) is 1.63. The van der Waals surface area contributed by atoms with Gasteiger partial charge in [-0.25, -0.2) is 0 Å². The summed E-state index contributed by atoms with van der Waals surface area (Å²) in [5.41, 5.74) is 2.21. The molecule has 2 aromatic carbocycles. The van der Waals surface area contributed by atoms with Gasteiger partial charge in [0, 0.05) is 18.5 Å². The van der Waals surface area contributed by atoms with Gasteiger partial charge in [-0.15, -0.1) is 0 Å². The van der Waals surface area contributed by atoms with Gasteiger partial charge < -0.3 is 10.0 Å². The zero-order valence-electron chi connectivity index (χ0n) is 15.8. The Morgan fingerprint density at radius 3 is 2.75 bits per heavy atom. The summed E-state index contributed by atoms with van der Waals surface area (Å²) in [7, 11) is 0. The Hall–Kier alpha value is -3.15. The molecule has 0 aliphatic carbocycles. The van der Waals surface area contributed by atoms with E-state index in [1.54, 1.807) is 4.90 Å². The Morgan fingerprint density at radius 2 is 2.00 bits per heavy atom. The largest absolute Gasteiger partial charge is 0.481 e. The molecule has 4 rings (SSSR count). The summed E-state index contributed by atoms with van der Waals surface area (Å²) in [6, 6.07) is 15.4. The molecule has 28 heavy (non-hydrogen) atoms. The van der Waals surface area contributed by atoms with E-state index in [2.05, 4.69) is 10.2 Å². The van der Waals surface area contributed by atoms with Crippen molar-refractivity contribution in [2.45, 2.75) is 26.2 Å². The lowest BCUT2D eigenvalue weighted by Crippen LogP contribution is -2.51. The van der Waals surface area contributed by atoms with Gasteiger partial charge in [0.05, 0.1) is 10.9 Å². The van der Waals surface area contributed by atoms with Crippen molar-refractivity contribution in [3.63, 3.8) is 0 Å². The lowest BCUT2D eigenvalue weighted by atomic mass is 9.75. The number of carbonyl (C=O) groups is 2. The highest BCUT2D eigenvalue weighted by atomic mass is 16.4. The first-order valence-corrected chi connectivity index (χ1v) is 9.50. The van der Waals surface area contributed by atoms with Crippen molar-refractivity contribution in [1.82, 2.24) is 15.1 Å². The molecule has 3 aromatic rings. The number of carboxylic acid groups (broad SMARTS) is 1. The van der Waals surface area contributed by atoms with E-state index in [9.17, 15) is 14.7 Å². The van der Waals surface area contributed by atoms with Crippen molar-refractivity contribution in [3.8, 4) is 0 Å². The van der Waals surface area contributed by atoms with E-state index in [1.165, 1.54) is 0 Å². The maximum atomic E-state index is 13.2. The third-order valence-corrected chi connectivity index (χ3v) is 5.62. The van der Waals surface area contributed by atoms with Crippen molar-refractivity contribution in [2.24, 2.45) is 5.41 Å². The first-order chi connectivity index (χ1) is 13.5. The third kappa shape index (κ3) is 3.26. The lowest BCUT2D eigenvalue weighted by Gasteiger charge is -2.40. The summed E-state index contributed by atoms with van der Waals surface area (Å²) in [4.78, 5) is 27.1. The van der Waals surface area contributed by atoms with Gasteiger partial charge in [0.2, 0.25) is 0 Å². The lowest BCUT2D eigenvalue weighted by molar-refractivity contribution is -0.151. The van der Waals surface area contributed by atoms with Gasteiger partial charge in [0.1, 0.15) is 0 Å². The van der Waals surface area contributed by atoms with Gasteiger partial charge in [-0.3, -0.25) is 14.7 Å². The molecule has 1 amide bonds. The van der Waals surface area contributed by atoms with Crippen LogP contribution in [0.2, 0.25) is 0 Å². The van der Waals surface area contributed by atoms with Crippen LogP contribution in [-0.4, -0.2) is 45.2 Å². The van der Waals surface area contributed by atoms with Crippen molar-refractivity contribution < 1.29 is 14.7 Å². The minimum absolute atomic E-state index is 0.191. The summed E-state index contributed by atoms with van der Waals surface area (Å²) in [5.74, 6) is -1.06. The number of amides is 1. The number of piperidine rings is 1. The zero-order valence-corrected chi connectivity index (χ0v) is 15.8. The number of fused-ring (bicyclic) bond motifs is 1. The quantitative estimate of drug-likeness (QED) is 0.729. The Balaban J connectivity index is 1.63. The standard InChI is InChI=1S/C22H23N3O3/c1-15-8-9-18-17(12-15)19(24-23-18)20(26)25-11-5-10-22(14-25,21(27)28)13-16-6-3-2-4-7-16/h2-4,6-9,12H,5,10-11,13-14H2,1H3,(H,23,24)(H,27,28). The maximum Gasteiger partial charge on any atom is 0.311 e. The third-order valence-electron chi connectivity index (χ3n) is 5.62. The van der Waals surface area contributed by atoms with E-state index < -0.39 is 11.4 Å². The molecule has 144 valence electrons. The van der Waals surface area contributed by atoms with E-state index in [4.69, 9.17) is 0 Å². The van der Waals surface area contributed by atoms with E-state index in [1.807, 2.05) is 55.5 Å². The molecule has 0 saturated carbocycles. The number of rotatable bonds is 4. The van der Waals surface area contributed by atoms with Gasteiger partial charge in [0.15, 0.2) is 5.69 Å². The van der Waals surface area contributed by atoms with Crippen LogP contribution in [0, 0.1) is 12.3 Å². The van der Waals surface area contributed by atoms with Gasteiger partial charge in [-0.05, 0) is 43.9 Å². The van der Waals surface area contributed by atoms with Crippen LogP contribution in [0.3, 0.4) is 0 Å². The van der Waals surface area contributed by atoms with Crippen LogP contribution in [0.15, 0.2) is 48.5 Å². The predicted molar refractivity (Wildman–Crippen MR) is 106 cm³/mol. The van der Waals surface area contributed by atoms with Crippen LogP contribution < -0.4 is 0 Å². The number of H-pyrrole nitrogens is 1. The number of likely N-dealkylation sites (tertiary alicyclic amines) is 1. The van der Waals surface area contributed by atoms with E-state index in [0.29, 0.717) is 31.5 Å². The van der Waals surface area contributed by atoms with Crippen LogP contribution in [0.5, 0.6) is 0 Å². The van der Waals surface area contributed by atoms with Crippen molar-refractivity contribution >= 4 is 22.8 Å². The number of aliphatic carboxylic acids is 1. The molecular formula is C22H23N3O3. The first kappa shape index (κ1) is 18.2. The highest BCUT2D eigenvalue weighted by Gasteiger charge is 2.44. The number of nitrogens with zero attached hydrogens (tertiary/aromatic N) is 2. The second kappa shape index (κ2) is 7.11. The molecule has 1 aromatic heterocycles. The molecule has 0 bridgehead atoms. The Morgan fingerprint density at radius 1 is 1.21 bits per heavy atom. The van der Waals surface area contributed by atoms with E-state index >= 15 is 0 Å². The minimum Gasteiger partial charge on any atom is -0.481 e. The molecule has 1 aliphatic heterocycles. The van der Waals surface area contributed by atoms with Gasteiger partial charge in [0.25, 0.3) is 5.91 Å². The molecule has 6 nitrogen and oxygen atoms in total. The predicted octanol–water partition coefficient (Wildman–Crippen LogP) is 3.42. The molecule has 6 heteroatoms. The molecule has 0 radical (unpaired) electrons. The van der Waals surface area contributed by atoms with Crippen molar-refractivity contribution in [1.29, 1.82) is 0 Å². The fraction of sp³-hybridized carbons (Fsp3) is 0.318. The Labute approximate surface area is 163 Å². The zero-order chi connectivity index (χ0) is 19.7. The molecule has 0 spiro atoms. The average molecular weight is 377 g/mol.